The lowest BCUT2D eigenvalue weighted by Gasteiger charge is -2.14. The Kier molecular flexibility index (Phi) is 3.96. The lowest BCUT2D eigenvalue weighted by molar-refractivity contribution is 0.0940. The molecule has 3 rings (SSSR count). The van der Waals surface area contributed by atoms with Crippen LogP contribution in [0.4, 0.5) is 0 Å². The van der Waals surface area contributed by atoms with E-state index in [9.17, 15) is 4.79 Å². The third-order valence-electron chi connectivity index (χ3n) is 4.00. The highest BCUT2D eigenvalue weighted by Crippen LogP contribution is 2.16. The smallest absolute Gasteiger partial charge is 0.253 e. The Labute approximate surface area is 130 Å². The van der Waals surface area contributed by atoms with E-state index in [0.29, 0.717) is 5.56 Å². The zero-order valence-electron chi connectivity index (χ0n) is 12.9. The lowest BCUT2D eigenvalue weighted by Crippen LogP contribution is -2.26. The summed E-state index contributed by atoms with van der Waals surface area (Å²) in [6.45, 7) is 4.15. The fourth-order valence-corrected chi connectivity index (χ4v) is 2.58. The second-order valence-electron chi connectivity index (χ2n) is 5.55. The number of hydrogen-bond donors (Lipinski definition) is 1. The molecule has 3 heteroatoms. The Balaban J connectivity index is 1.74. The number of nitrogens with one attached hydrogen (secondary N) is 1. The third kappa shape index (κ3) is 2.89. The van der Waals surface area contributed by atoms with Crippen LogP contribution < -0.4 is 5.32 Å². The number of aryl methyl sites for hydroxylation is 1. The van der Waals surface area contributed by atoms with Crippen LogP contribution in [0.15, 0.2) is 60.9 Å². The Morgan fingerprint density at radius 1 is 1.18 bits per heavy atom. The molecule has 1 atom stereocenters. The van der Waals surface area contributed by atoms with E-state index in [4.69, 9.17) is 0 Å². The van der Waals surface area contributed by atoms with Crippen molar-refractivity contribution >= 4 is 11.4 Å². The third-order valence-corrected chi connectivity index (χ3v) is 4.00. The molecule has 22 heavy (non-hydrogen) atoms. The number of amides is 1. The topological polar surface area (TPSA) is 33.5 Å². The molecule has 0 saturated heterocycles. The summed E-state index contributed by atoms with van der Waals surface area (Å²) in [4.78, 5) is 12.4. The van der Waals surface area contributed by atoms with Crippen molar-refractivity contribution < 1.29 is 4.79 Å². The van der Waals surface area contributed by atoms with Crippen molar-refractivity contribution in [1.82, 2.24) is 9.72 Å². The minimum Gasteiger partial charge on any atom is -0.345 e. The van der Waals surface area contributed by atoms with E-state index >= 15 is 0 Å². The summed E-state index contributed by atoms with van der Waals surface area (Å²) in [5, 5.41) is 3.06. The van der Waals surface area contributed by atoms with Gasteiger partial charge in [-0.15, -0.1) is 0 Å². The molecule has 0 fully saturated rings. The van der Waals surface area contributed by atoms with Gasteiger partial charge >= 0.3 is 0 Å². The maximum Gasteiger partial charge on any atom is 0.253 e. The van der Waals surface area contributed by atoms with Crippen LogP contribution in [-0.2, 0) is 6.42 Å². The molecule has 1 N–H and O–H groups in total. The van der Waals surface area contributed by atoms with Gasteiger partial charge in [-0.2, -0.15) is 0 Å². The van der Waals surface area contributed by atoms with Gasteiger partial charge in [0.05, 0.1) is 11.6 Å². The van der Waals surface area contributed by atoms with Crippen molar-refractivity contribution in [2.75, 3.05) is 0 Å². The highest BCUT2D eigenvalue weighted by Gasteiger charge is 2.13. The van der Waals surface area contributed by atoms with Gasteiger partial charge in [0.25, 0.3) is 5.91 Å². The number of nitrogens with zero attached hydrogens (tertiary/aromatic N) is 1. The highest BCUT2D eigenvalue weighted by atomic mass is 16.1. The lowest BCUT2D eigenvalue weighted by atomic mass is 10.0. The molecule has 0 unspecified atom stereocenters. The summed E-state index contributed by atoms with van der Waals surface area (Å²) in [7, 11) is 0. The fraction of sp³-hybridized carbons (Fsp3) is 0.211. The Morgan fingerprint density at radius 3 is 2.64 bits per heavy atom. The Hall–Kier alpha value is -2.55. The van der Waals surface area contributed by atoms with Crippen molar-refractivity contribution in [1.29, 1.82) is 0 Å². The van der Waals surface area contributed by atoms with Gasteiger partial charge in [-0.25, -0.2) is 0 Å². The van der Waals surface area contributed by atoms with Gasteiger partial charge < -0.3 is 9.72 Å². The molecule has 0 spiro atoms. The van der Waals surface area contributed by atoms with Crippen LogP contribution in [0.5, 0.6) is 0 Å². The number of pyridine rings is 1. The molecule has 0 bridgehead atoms. The number of rotatable bonds is 4. The Bertz CT molecular complexity index is 754. The van der Waals surface area contributed by atoms with Crippen LogP contribution in [-0.4, -0.2) is 10.3 Å². The minimum atomic E-state index is -0.0456. The van der Waals surface area contributed by atoms with Crippen LogP contribution in [0.25, 0.3) is 5.52 Å². The monoisotopic (exact) mass is 292 g/mol. The van der Waals surface area contributed by atoms with Crippen molar-refractivity contribution in [3.63, 3.8) is 0 Å². The van der Waals surface area contributed by atoms with Crippen molar-refractivity contribution in [3.05, 3.63) is 77.6 Å². The molecular weight excluding hydrogens is 272 g/mol. The highest BCUT2D eigenvalue weighted by molar-refractivity contribution is 5.95. The summed E-state index contributed by atoms with van der Waals surface area (Å²) < 4.78 is 1.95. The van der Waals surface area contributed by atoms with Crippen LogP contribution in [0.3, 0.4) is 0 Å². The average Bonchev–Trinajstić information content (AvgIpc) is 2.99. The molecule has 2 aromatic heterocycles. The molecular formula is C19H20N2O. The van der Waals surface area contributed by atoms with Gasteiger partial charge in [0.15, 0.2) is 0 Å². The van der Waals surface area contributed by atoms with E-state index in [1.165, 1.54) is 5.56 Å². The maximum atomic E-state index is 12.4. The Morgan fingerprint density at radius 2 is 1.95 bits per heavy atom. The largest absolute Gasteiger partial charge is 0.345 e. The first-order valence-electron chi connectivity index (χ1n) is 7.64. The predicted molar refractivity (Wildman–Crippen MR) is 89.1 cm³/mol. The van der Waals surface area contributed by atoms with Crippen molar-refractivity contribution in [2.45, 2.75) is 26.3 Å². The average molecular weight is 292 g/mol. The summed E-state index contributed by atoms with van der Waals surface area (Å²) in [5.74, 6) is -0.0456. The molecule has 0 aliphatic carbocycles. The number of hydrogen-bond acceptors (Lipinski definition) is 1. The molecule has 0 aliphatic heterocycles. The van der Waals surface area contributed by atoms with E-state index in [-0.39, 0.29) is 11.9 Å². The van der Waals surface area contributed by atoms with Crippen molar-refractivity contribution in [2.24, 2.45) is 0 Å². The summed E-state index contributed by atoms with van der Waals surface area (Å²) in [6, 6.07) is 16.2. The van der Waals surface area contributed by atoms with Gasteiger partial charge in [0, 0.05) is 17.9 Å². The first kappa shape index (κ1) is 14.4. The van der Waals surface area contributed by atoms with Gasteiger partial charge in [0.2, 0.25) is 0 Å². The summed E-state index contributed by atoms with van der Waals surface area (Å²) in [6.07, 6.45) is 4.83. The van der Waals surface area contributed by atoms with E-state index in [2.05, 4.69) is 36.5 Å². The quantitative estimate of drug-likeness (QED) is 0.775. The molecule has 0 radical (unpaired) electrons. The van der Waals surface area contributed by atoms with Crippen LogP contribution in [0.1, 0.15) is 41.4 Å². The first-order chi connectivity index (χ1) is 10.7. The first-order valence-corrected chi connectivity index (χ1v) is 7.64. The normalized spacial score (nSPS) is 12.3. The number of carbonyl (C=O) groups excluding carboxylic acids is 1. The predicted octanol–water partition coefficient (Wildman–Crippen LogP) is 3.99. The SMILES string of the molecule is CCc1ccc([C@H](C)NC(=O)c2cc3ccccn3c2)cc1. The zero-order valence-corrected chi connectivity index (χ0v) is 12.9. The molecule has 1 amide bonds. The summed E-state index contributed by atoms with van der Waals surface area (Å²) in [5.41, 5.74) is 4.13. The van der Waals surface area contributed by atoms with E-state index < -0.39 is 0 Å². The van der Waals surface area contributed by atoms with Crippen LogP contribution in [0.2, 0.25) is 0 Å². The van der Waals surface area contributed by atoms with Gasteiger partial charge in [-0.3, -0.25) is 4.79 Å². The molecule has 2 heterocycles. The molecule has 1 aromatic carbocycles. The maximum absolute atomic E-state index is 12.4. The molecule has 0 saturated carbocycles. The fourth-order valence-electron chi connectivity index (χ4n) is 2.58. The molecule has 112 valence electrons. The van der Waals surface area contributed by atoms with Crippen molar-refractivity contribution in [3.8, 4) is 0 Å². The molecule has 0 aliphatic rings. The number of fused-ring (bicyclic) bond motifs is 1. The molecule has 3 aromatic rings. The standard InChI is InChI=1S/C19H20N2O/c1-3-15-7-9-16(10-8-15)14(2)20-19(22)17-12-18-6-4-5-11-21(18)13-17/h4-14H,3H2,1-2H3,(H,20,22)/t14-/m0/s1. The van der Waals surface area contributed by atoms with Crippen LogP contribution >= 0.6 is 0 Å². The van der Waals surface area contributed by atoms with E-state index in [1.807, 2.05) is 48.0 Å². The van der Waals surface area contributed by atoms with Gasteiger partial charge in [-0.1, -0.05) is 37.3 Å². The number of carbonyl (C=O) groups is 1. The van der Waals surface area contributed by atoms with Gasteiger partial charge in [-0.05, 0) is 42.7 Å². The zero-order chi connectivity index (χ0) is 15.5. The van der Waals surface area contributed by atoms with Gasteiger partial charge in [0.1, 0.15) is 0 Å². The van der Waals surface area contributed by atoms with Crippen LogP contribution in [0, 0.1) is 0 Å². The number of benzene rings is 1. The minimum absolute atomic E-state index is 0.0126. The summed E-state index contributed by atoms with van der Waals surface area (Å²) >= 11 is 0. The second-order valence-corrected chi connectivity index (χ2v) is 5.55. The van der Waals surface area contributed by atoms with E-state index in [1.54, 1.807) is 0 Å². The second kappa shape index (κ2) is 6.06. The molecule has 3 nitrogen and oxygen atoms in total. The number of aromatic nitrogens is 1. The van der Waals surface area contributed by atoms with E-state index in [0.717, 1.165) is 17.5 Å².